The molecule has 0 radical (unpaired) electrons. The smallest absolute Gasteiger partial charge is 0.269 e. The van der Waals surface area contributed by atoms with E-state index in [4.69, 9.17) is 0 Å². The van der Waals surface area contributed by atoms with Gasteiger partial charge in [-0.15, -0.1) is 0 Å². The molecule has 0 spiro atoms. The van der Waals surface area contributed by atoms with Crippen LogP contribution in [0.15, 0.2) is 24.3 Å². The molecule has 1 atom stereocenters. The van der Waals surface area contributed by atoms with Crippen molar-refractivity contribution < 1.29 is 18.5 Å². The maximum absolute atomic E-state index is 12.5. The number of nitro groups is 1. The summed E-state index contributed by atoms with van der Waals surface area (Å²) in [6.07, 6.45) is -2.54. The minimum atomic E-state index is -2.66. The lowest BCUT2D eigenvalue weighted by Gasteiger charge is -2.12. The van der Waals surface area contributed by atoms with Crippen LogP contribution in [0.2, 0.25) is 0 Å². The molecule has 6 heteroatoms. The largest absolute Gasteiger partial charge is 0.303 e. The minimum Gasteiger partial charge on any atom is -0.303 e. The van der Waals surface area contributed by atoms with Gasteiger partial charge in [0.15, 0.2) is 0 Å². The average molecular weight is 229 g/mol. The summed E-state index contributed by atoms with van der Waals surface area (Å²) < 4.78 is 25.1. The summed E-state index contributed by atoms with van der Waals surface area (Å²) in [5.74, 6) is -1.20. The number of benzene rings is 1. The van der Waals surface area contributed by atoms with Crippen LogP contribution >= 0.6 is 0 Å². The lowest BCUT2D eigenvalue weighted by Crippen LogP contribution is -2.09. The fourth-order valence-corrected chi connectivity index (χ4v) is 1.33. The SMILES string of the molecule is O=CC[C@@H](c1ccc([N+](=O)[O-])cc1)C(F)F. The lowest BCUT2D eigenvalue weighted by atomic mass is 9.97. The molecule has 1 aromatic rings. The van der Waals surface area contributed by atoms with Crippen LogP contribution in [-0.2, 0) is 4.79 Å². The molecule has 4 nitrogen and oxygen atoms in total. The fourth-order valence-electron chi connectivity index (χ4n) is 1.33. The second-order valence-corrected chi connectivity index (χ2v) is 3.19. The third-order valence-electron chi connectivity index (χ3n) is 2.19. The Morgan fingerprint density at radius 3 is 2.25 bits per heavy atom. The van der Waals surface area contributed by atoms with Crippen LogP contribution in [0.4, 0.5) is 14.5 Å². The Bertz CT molecular complexity index is 378. The molecule has 0 aromatic heterocycles. The van der Waals surface area contributed by atoms with Gasteiger partial charge in [-0.25, -0.2) is 8.78 Å². The van der Waals surface area contributed by atoms with E-state index in [2.05, 4.69) is 0 Å². The fraction of sp³-hybridized carbons (Fsp3) is 0.300. The molecule has 0 aliphatic carbocycles. The first-order valence-electron chi connectivity index (χ1n) is 4.52. The van der Waals surface area contributed by atoms with Crippen molar-refractivity contribution in [2.45, 2.75) is 18.8 Å². The monoisotopic (exact) mass is 229 g/mol. The van der Waals surface area contributed by atoms with Crippen molar-refractivity contribution in [1.82, 2.24) is 0 Å². The van der Waals surface area contributed by atoms with E-state index in [1.165, 1.54) is 12.1 Å². The minimum absolute atomic E-state index is 0.164. The first-order valence-corrected chi connectivity index (χ1v) is 4.52. The van der Waals surface area contributed by atoms with Gasteiger partial charge in [0.1, 0.15) is 6.29 Å². The lowest BCUT2D eigenvalue weighted by molar-refractivity contribution is -0.384. The van der Waals surface area contributed by atoms with Gasteiger partial charge >= 0.3 is 0 Å². The molecule has 0 heterocycles. The third kappa shape index (κ3) is 2.82. The number of carbonyl (C=O) groups excluding carboxylic acids is 1. The van der Waals surface area contributed by atoms with E-state index in [1.54, 1.807) is 0 Å². The van der Waals surface area contributed by atoms with Gasteiger partial charge in [0, 0.05) is 18.6 Å². The summed E-state index contributed by atoms with van der Waals surface area (Å²) in [6, 6.07) is 4.79. The average Bonchev–Trinajstić information content (AvgIpc) is 2.25. The Labute approximate surface area is 90.0 Å². The quantitative estimate of drug-likeness (QED) is 0.442. The number of carbonyl (C=O) groups is 1. The second-order valence-electron chi connectivity index (χ2n) is 3.19. The van der Waals surface area contributed by atoms with Crippen molar-refractivity contribution in [3.8, 4) is 0 Å². The summed E-state index contributed by atoms with van der Waals surface area (Å²) in [5.41, 5.74) is 0.0653. The van der Waals surface area contributed by atoms with Gasteiger partial charge in [0.05, 0.1) is 10.8 Å². The standard InChI is InChI=1S/C10H9F2NO3/c11-10(12)9(5-6-14)7-1-3-8(4-2-7)13(15)16/h1-4,6,9-10H,5H2/t9-/m0/s1. The summed E-state index contributed by atoms with van der Waals surface area (Å²) in [5, 5.41) is 10.3. The van der Waals surface area contributed by atoms with Gasteiger partial charge in [0.25, 0.3) is 5.69 Å². The number of non-ortho nitro benzene ring substituents is 1. The van der Waals surface area contributed by atoms with E-state index in [9.17, 15) is 23.7 Å². The van der Waals surface area contributed by atoms with Gasteiger partial charge in [0.2, 0.25) is 6.43 Å². The molecule has 0 saturated heterocycles. The Kier molecular flexibility index (Phi) is 4.04. The maximum atomic E-state index is 12.5. The molecular formula is C10H9F2NO3. The van der Waals surface area contributed by atoms with Crippen LogP contribution in [0.3, 0.4) is 0 Å². The van der Waals surface area contributed by atoms with Gasteiger partial charge in [-0.1, -0.05) is 12.1 Å². The van der Waals surface area contributed by atoms with Crippen molar-refractivity contribution in [3.63, 3.8) is 0 Å². The maximum Gasteiger partial charge on any atom is 0.269 e. The number of aldehydes is 1. The van der Waals surface area contributed by atoms with E-state index in [1.807, 2.05) is 0 Å². The van der Waals surface area contributed by atoms with Crippen molar-refractivity contribution in [1.29, 1.82) is 0 Å². The predicted octanol–water partition coefficient (Wildman–Crippen LogP) is 2.53. The number of hydrogen-bond acceptors (Lipinski definition) is 3. The van der Waals surface area contributed by atoms with Crippen LogP contribution in [0.25, 0.3) is 0 Å². The van der Waals surface area contributed by atoms with Crippen molar-refractivity contribution in [2.24, 2.45) is 0 Å². The summed E-state index contributed by atoms with van der Waals surface area (Å²) in [6.45, 7) is 0. The van der Waals surface area contributed by atoms with E-state index in [-0.39, 0.29) is 17.7 Å². The zero-order valence-electron chi connectivity index (χ0n) is 8.18. The number of hydrogen-bond donors (Lipinski definition) is 0. The molecule has 0 fully saturated rings. The predicted molar refractivity (Wildman–Crippen MR) is 52.5 cm³/mol. The normalized spacial score (nSPS) is 12.4. The van der Waals surface area contributed by atoms with E-state index < -0.39 is 17.3 Å². The van der Waals surface area contributed by atoms with Crippen molar-refractivity contribution in [3.05, 3.63) is 39.9 Å². The second kappa shape index (κ2) is 5.29. The van der Waals surface area contributed by atoms with Crippen LogP contribution in [0.5, 0.6) is 0 Å². The van der Waals surface area contributed by atoms with E-state index >= 15 is 0 Å². The molecule has 0 unspecified atom stereocenters. The zero-order valence-corrected chi connectivity index (χ0v) is 8.18. The molecule has 0 bridgehead atoms. The molecule has 86 valence electrons. The molecule has 16 heavy (non-hydrogen) atoms. The van der Waals surface area contributed by atoms with Crippen molar-refractivity contribution in [2.75, 3.05) is 0 Å². The van der Waals surface area contributed by atoms with E-state index in [0.29, 0.717) is 6.29 Å². The highest BCUT2D eigenvalue weighted by Crippen LogP contribution is 2.27. The highest BCUT2D eigenvalue weighted by Gasteiger charge is 2.22. The first kappa shape index (κ1) is 12.2. The highest BCUT2D eigenvalue weighted by atomic mass is 19.3. The number of rotatable bonds is 5. The topological polar surface area (TPSA) is 60.2 Å². The molecule has 0 aliphatic rings. The van der Waals surface area contributed by atoms with Gasteiger partial charge in [-0.3, -0.25) is 10.1 Å². The Balaban J connectivity index is 2.93. The van der Waals surface area contributed by atoms with E-state index in [0.717, 1.165) is 12.1 Å². The molecule has 0 aliphatic heterocycles. The van der Waals surface area contributed by atoms with Crippen LogP contribution < -0.4 is 0 Å². The summed E-state index contributed by atoms with van der Waals surface area (Å²) in [4.78, 5) is 20.0. The van der Waals surface area contributed by atoms with Gasteiger partial charge in [-0.2, -0.15) is 0 Å². The van der Waals surface area contributed by atoms with Gasteiger partial charge in [-0.05, 0) is 5.56 Å². The summed E-state index contributed by atoms with van der Waals surface area (Å²) in [7, 11) is 0. The molecular weight excluding hydrogens is 220 g/mol. The zero-order chi connectivity index (χ0) is 12.1. The summed E-state index contributed by atoms with van der Waals surface area (Å²) >= 11 is 0. The molecule has 0 N–H and O–H groups in total. The Morgan fingerprint density at radius 2 is 1.88 bits per heavy atom. The number of nitrogens with zero attached hydrogens (tertiary/aromatic N) is 1. The number of nitro benzene ring substituents is 1. The Hall–Kier alpha value is -1.85. The highest BCUT2D eigenvalue weighted by molar-refractivity contribution is 5.52. The number of halogens is 2. The molecule has 0 saturated carbocycles. The third-order valence-corrected chi connectivity index (χ3v) is 2.19. The molecule has 1 rings (SSSR count). The first-order chi connectivity index (χ1) is 7.56. The van der Waals surface area contributed by atoms with Crippen molar-refractivity contribution >= 4 is 12.0 Å². The molecule has 0 amide bonds. The van der Waals surface area contributed by atoms with Crippen LogP contribution in [0, 0.1) is 10.1 Å². The Morgan fingerprint density at radius 1 is 1.31 bits per heavy atom. The molecule has 1 aromatic carbocycles. The van der Waals surface area contributed by atoms with Crippen LogP contribution in [0.1, 0.15) is 17.9 Å². The van der Waals surface area contributed by atoms with Gasteiger partial charge < -0.3 is 4.79 Å². The van der Waals surface area contributed by atoms with Crippen LogP contribution in [-0.4, -0.2) is 17.6 Å². The number of alkyl halides is 2.